The normalized spacial score (nSPS) is 15.7. The summed E-state index contributed by atoms with van der Waals surface area (Å²) in [6.45, 7) is 8.06. The number of nitrogens with zero attached hydrogens (tertiary/aromatic N) is 5. The van der Waals surface area contributed by atoms with Crippen LogP contribution in [0.2, 0.25) is 0 Å². The highest BCUT2D eigenvalue weighted by atomic mass is 16.6. The summed E-state index contributed by atoms with van der Waals surface area (Å²) in [5.41, 5.74) is 4.02. The van der Waals surface area contributed by atoms with Crippen molar-refractivity contribution in [3.63, 3.8) is 0 Å². The lowest BCUT2D eigenvalue weighted by atomic mass is 10.0. The summed E-state index contributed by atoms with van der Waals surface area (Å²) in [5.74, 6) is 1.66. The molecule has 4 rings (SSSR count). The summed E-state index contributed by atoms with van der Waals surface area (Å²) in [6, 6.07) is 1.76. The molecule has 0 bridgehead atoms. The molecule has 0 saturated carbocycles. The number of allylic oxidation sites excluding steroid dienone is 6. The van der Waals surface area contributed by atoms with E-state index in [1.54, 1.807) is 24.1 Å². The minimum atomic E-state index is -0.333. The van der Waals surface area contributed by atoms with Crippen LogP contribution in [0.25, 0.3) is 5.57 Å². The largest absolute Gasteiger partial charge is 0.450 e. The molecule has 0 atom stereocenters. The first-order chi connectivity index (χ1) is 17.5. The van der Waals surface area contributed by atoms with Crippen molar-refractivity contribution in [1.29, 1.82) is 0 Å². The Bertz CT molecular complexity index is 1210. The highest BCUT2D eigenvalue weighted by Gasteiger charge is 2.23. The predicted molar refractivity (Wildman–Crippen MR) is 137 cm³/mol. The molecule has 36 heavy (non-hydrogen) atoms. The van der Waals surface area contributed by atoms with Crippen molar-refractivity contribution < 1.29 is 14.3 Å². The molecule has 0 aliphatic carbocycles. The lowest BCUT2D eigenvalue weighted by molar-refractivity contribution is 0.0960. The zero-order chi connectivity index (χ0) is 25.5. The van der Waals surface area contributed by atoms with E-state index in [2.05, 4.69) is 38.1 Å². The number of carbonyl (C=O) groups is 2. The maximum Gasteiger partial charge on any atom is 0.410 e. The number of fused-ring (bicyclic) bond motifs is 2. The Labute approximate surface area is 211 Å². The highest BCUT2D eigenvalue weighted by molar-refractivity contribution is 5.93. The molecule has 9 heteroatoms. The van der Waals surface area contributed by atoms with Crippen LogP contribution in [0.3, 0.4) is 0 Å². The van der Waals surface area contributed by atoms with Crippen LogP contribution < -0.4 is 5.32 Å². The quantitative estimate of drug-likeness (QED) is 0.556. The average molecular weight is 491 g/mol. The van der Waals surface area contributed by atoms with Crippen molar-refractivity contribution in [3.8, 4) is 0 Å². The number of hydrogen-bond acceptors (Lipinski definition) is 6. The van der Waals surface area contributed by atoms with E-state index < -0.39 is 0 Å². The fourth-order valence-corrected chi connectivity index (χ4v) is 4.41. The Kier molecular flexibility index (Phi) is 8.30. The number of aromatic nitrogens is 4. The number of aryl methyl sites for hydroxylation is 1. The molecule has 2 aromatic rings. The van der Waals surface area contributed by atoms with E-state index in [4.69, 9.17) is 4.74 Å². The van der Waals surface area contributed by atoms with Crippen LogP contribution in [0, 0.1) is 0 Å². The van der Waals surface area contributed by atoms with Crippen molar-refractivity contribution in [2.45, 2.75) is 66.0 Å². The number of pyridine rings is 1. The van der Waals surface area contributed by atoms with Crippen LogP contribution in [-0.4, -0.2) is 49.8 Å². The Hall–Kier alpha value is -3.75. The SMILES string of the molecule is CCC/C=C(/C=C\C=C(/C)NC(=O)c1cc2c(cn1)CCN(C(=O)OCC)C2)c1nnc2n1CCC2. The Balaban J connectivity index is 1.42. The monoisotopic (exact) mass is 490 g/mol. The van der Waals surface area contributed by atoms with E-state index in [0.29, 0.717) is 37.5 Å². The first kappa shape index (κ1) is 25.3. The summed E-state index contributed by atoms with van der Waals surface area (Å²) < 4.78 is 7.30. The van der Waals surface area contributed by atoms with E-state index in [9.17, 15) is 9.59 Å². The number of ether oxygens (including phenoxy) is 1. The minimum Gasteiger partial charge on any atom is -0.450 e. The molecule has 0 aromatic carbocycles. The summed E-state index contributed by atoms with van der Waals surface area (Å²) in [5, 5.41) is 11.6. The molecule has 4 heterocycles. The van der Waals surface area contributed by atoms with Gasteiger partial charge in [0.15, 0.2) is 5.82 Å². The van der Waals surface area contributed by atoms with Gasteiger partial charge in [-0.1, -0.05) is 31.6 Å². The van der Waals surface area contributed by atoms with Crippen molar-refractivity contribution in [1.82, 2.24) is 30.0 Å². The summed E-state index contributed by atoms with van der Waals surface area (Å²) in [6.07, 6.45) is 14.2. The predicted octanol–water partition coefficient (Wildman–Crippen LogP) is 4.21. The average Bonchev–Trinajstić information content (AvgIpc) is 3.50. The molecular formula is C27H34N6O3. The van der Waals surface area contributed by atoms with Crippen molar-refractivity contribution in [3.05, 3.63) is 70.7 Å². The second-order valence-electron chi connectivity index (χ2n) is 9.01. The van der Waals surface area contributed by atoms with Gasteiger partial charge in [0.05, 0.1) is 6.61 Å². The molecule has 2 aliphatic heterocycles. The standard InChI is InChI=1S/C27H34N6O3/c1-4-6-10-20(25-31-30-24-12-8-14-33(24)25)11-7-9-19(3)29-26(34)23-16-22-18-32(27(35)36-5-2)15-13-21(22)17-28-23/h7,9-11,16-17H,4-6,8,12-15,18H2,1-3H3,(H,29,34)/b11-7-,19-9+,20-10-. The van der Waals surface area contributed by atoms with Crippen molar-refractivity contribution in [2.75, 3.05) is 13.2 Å². The fourth-order valence-electron chi connectivity index (χ4n) is 4.41. The van der Waals surface area contributed by atoms with Gasteiger partial charge in [0.2, 0.25) is 0 Å². The summed E-state index contributed by atoms with van der Waals surface area (Å²) in [4.78, 5) is 30.9. The second-order valence-corrected chi connectivity index (χ2v) is 9.01. The molecule has 190 valence electrons. The molecule has 0 fully saturated rings. The van der Waals surface area contributed by atoms with Gasteiger partial charge < -0.3 is 19.5 Å². The van der Waals surface area contributed by atoms with E-state index in [1.807, 2.05) is 25.2 Å². The smallest absolute Gasteiger partial charge is 0.410 e. The van der Waals surface area contributed by atoms with Gasteiger partial charge in [-0.2, -0.15) is 0 Å². The Morgan fingerprint density at radius 3 is 2.83 bits per heavy atom. The molecule has 0 spiro atoms. The van der Waals surface area contributed by atoms with Gasteiger partial charge in [-0.25, -0.2) is 4.79 Å². The van der Waals surface area contributed by atoms with Crippen LogP contribution in [0.1, 0.15) is 73.3 Å². The molecule has 0 unspecified atom stereocenters. The van der Waals surface area contributed by atoms with E-state index >= 15 is 0 Å². The number of nitrogens with one attached hydrogen (secondary N) is 1. The van der Waals surface area contributed by atoms with Gasteiger partial charge >= 0.3 is 6.09 Å². The van der Waals surface area contributed by atoms with Gasteiger partial charge in [-0.05, 0) is 56.4 Å². The Morgan fingerprint density at radius 2 is 2.03 bits per heavy atom. The zero-order valence-electron chi connectivity index (χ0n) is 21.3. The maximum absolute atomic E-state index is 12.8. The van der Waals surface area contributed by atoms with Crippen molar-refractivity contribution >= 4 is 17.6 Å². The van der Waals surface area contributed by atoms with Gasteiger partial charge in [0, 0.05) is 43.5 Å². The zero-order valence-corrected chi connectivity index (χ0v) is 21.3. The maximum atomic E-state index is 12.8. The molecule has 1 N–H and O–H groups in total. The highest BCUT2D eigenvalue weighted by Crippen LogP contribution is 2.22. The van der Waals surface area contributed by atoms with Gasteiger partial charge in [0.1, 0.15) is 11.5 Å². The van der Waals surface area contributed by atoms with Gasteiger partial charge in [-0.3, -0.25) is 9.78 Å². The van der Waals surface area contributed by atoms with Gasteiger partial charge in [-0.15, -0.1) is 10.2 Å². The van der Waals surface area contributed by atoms with E-state index in [0.717, 1.165) is 60.6 Å². The number of rotatable bonds is 8. The Morgan fingerprint density at radius 1 is 1.17 bits per heavy atom. The third-order valence-corrected chi connectivity index (χ3v) is 6.31. The summed E-state index contributed by atoms with van der Waals surface area (Å²) >= 11 is 0. The molecule has 2 aromatic heterocycles. The van der Waals surface area contributed by atoms with Crippen molar-refractivity contribution in [2.24, 2.45) is 0 Å². The van der Waals surface area contributed by atoms with Crippen LogP contribution >= 0.6 is 0 Å². The molecule has 2 aliphatic rings. The fraction of sp³-hybridized carbons (Fsp3) is 0.444. The third kappa shape index (κ3) is 5.90. The van der Waals surface area contributed by atoms with Gasteiger partial charge in [0.25, 0.3) is 5.91 Å². The number of unbranched alkanes of at least 4 members (excludes halogenated alkanes) is 1. The van der Waals surface area contributed by atoms with E-state index in [1.165, 1.54) is 0 Å². The van der Waals surface area contributed by atoms with Crippen LogP contribution in [-0.2, 0) is 30.7 Å². The minimum absolute atomic E-state index is 0.287. The van der Waals surface area contributed by atoms with Crippen LogP contribution in [0.15, 0.2) is 42.3 Å². The van der Waals surface area contributed by atoms with Crippen LogP contribution in [0.4, 0.5) is 4.79 Å². The number of carbonyl (C=O) groups excluding carboxylic acids is 2. The first-order valence-electron chi connectivity index (χ1n) is 12.7. The topological polar surface area (TPSA) is 102 Å². The molecule has 0 saturated heterocycles. The van der Waals surface area contributed by atoms with E-state index in [-0.39, 0.29) is 12.0 Å². The molecular weight excluding hydrogens is 456 g/mol. The third-order valence-electron chi connectivity index (χ3n) is 6.31. The first-order valence-corrected chi connectivity index (χ1v) is 12.7. The second kappa shape index (κ2) is 11.8. The number of amides is 2. The molecule has 0 radical (unpaired) electrons. The molecule has 9 nitrogen and oxygen atoms in total. The summed E-state index contributed by atoms with van der Waals surface area (Å²) in [7, 11) is 0. The molecule has 2 amide bonds. The van der Waals surface area contributed by atoms with Crippen LogP contribution in [0.5, 0.6) is 0 Å². The lowest BCUT2D eigenvalue weighted by Crippen LogP contribution is -2.36. The number of hydrogen-bond donors (Lipinski definition) is 1. The lowest BCUT2D eigenvalue weighted by Gasteiger charge is -2.28.